The molecule has 9 nitrogen and oxygen atoms in total. The zero-order valence-corrected chi connectivity index (χ0v) is 24.3. The van der Waals surface area contributed by atoms with Gasteiger partial charge >= 0.3 is 5.97 Å². The maximum absolute atomic E-state index is 14.0. The Balaban J connectivity index is 1.42. The van der Waals surface area contributed by atoms with Gasteiger partial charge in [0, 0.05) is 36.7 Å². The summed E-state index contributed by atoms with van der Waals surface area (Å²) < 4.78 is 65.2. The first-order chi connectivity index (χ1) is 20.7. The number of carbonyl (C=O) groups is 4. The molecule has 0 bridgehead atoms. The van der Waals surface area contributed by atoms with Crippen molar-refractivity contribution in [1.82, 2.24) is 15.2 Å². The van der Waals surface area contributed by atoms with Crippen LogP contribution in [0.15, 0.2) is 42.6 Å². The lowest BCUT2D eigenvalue weighted by atomic mass is 9.94. The van der Waals surface area contributed by atoms with E-state index in [9.17, 15) is 36.7 Å². The summed E-state index contributed by atoms with van der Waals surface area (Å²) in [4.78, 5) is 57.7. The number of ether oxygens (including phenoxy) is 2. The SMILES string of the molecule is CC(C)(C)OC(=O)C[C@H](NC(=O)C1CCN(C(=O)c2nccc3ccccc23)CC1)C(=O)COc1c(F)c(F)cc(F)c1F. The molecule has 2 heterocycles. The summed E-state index contributed by atoms with van der Waals surface area (Å²) in [6, 6.07) is 7.57. The Kier molecular flexibility index (Phi) is 9.85. The summed E-state index contributed by atoms with van der Waals surface area (Å²) in [7, 11) is 0. The summed E-state index contributed by atoms with van der Waals surface area (Å²) in [5.41, 5.74) is -0.630. The zero-order chi connectivity index (χ0) is 32.2. The van der Waals surface area contributed by atoms with Crippen LogP contribution in [0.25, 0.3) is 10.8 Å². The molecule has 1 aliphatic heterocycles. The molecule has 1 aliphatic rings. The molecule has 0 saturated carbocycles. The average Bonchev–Trinajstić information content (AvgIpc) is 2.98. The van der Waals surface area contributed by atoms with Gasteiger partial charge in [0.25, 0.3) is 5.91 Å². The fourth-order valence-electron chi connectivity index (χ4n) is 4.79. The predicted molar refractivity (Wildman–Crippen MR) is 150 cm³/mol. The molecule has 2 amide bonds. The molecule has 1 fully saturated rings. The third-order valence-corrected chi connectivity index (χ3v) is 6.96. The number of benzene rings is 2. The molecule has 4 rings (SSSR count). The Morgan fingerprint density at radius 3 is 2.27 bits per heavy atom. The summed E-state index contributed by atoms with van der Waals surface area (Å²) in [5, 5.41) is 4.03. The van der Waals surface area contributed by atoms with Gasteiger partial charge in [0.1, 0.15) is 23.9 Å². The highest BCUT2D eigenvalue weighted by Gasteiger charge is 2.33. The number of carbonyl (C=O) groups excluding carboxylic acids is 4. The summed E-state index contributed by atoms with van der Waals surface area (Å²) >= 11 is 0. The number of rotatable bonds is 9. The first-order valence-corrected chi connectivity index (χ1v) is 13.9. The number of likely N-dealkylation sites (tertiary alicyclic amines) is 1. The van der Waals surface area contributed by atoms with E-state index in [1.807, 2.05) is 12.1 Å². The summed E-state index contributed by atoms with van der Waals surface area (Å²) in [6.45, 7) is 4.11. The molecule has 44 heavy (non-hydrogen) atoms. The minimum absolute atomic E-state index is 0.0116. The molecule has 1 N–H and O–H groups in total. The van der Waals surface area contributed by atoms with E-state index in [1.54, 1.807) is 50.1 Å². The van der Waals surface area contributed by atoms with Gasteiger partial charge in [-0.25, -0.2) is 8.78 Å². The molecule has 234 valence electrons. The molecule has 1 aromatic heterocycles. The lowest BCUT2D eigenvalue weighted by Crippen LogP contribution is -2.49. The lowest BCUT2D eigenvalue weighted by molar-refractivity contribution is -0.156. The van der Waals surface area contributed by atoms with Gasteiger partial charge < -0.3 is 19.7 Å². The second-order valence-electron chi connectivity index (χ2n) is 11.4. The topological polar surface area (TPSA) is 115 Å². The molecular weight excluding hydrogens is 586 g/mol. The number of hydrogen-bond acceptors (Lipinski definition) is 7. The van der Waals surface area contributed by atoms with Crippen LogP contribution >= 0.6 is 0 Å². The molecule has 1 atom stereocenters. The molecule has 3 aromatic rings. The quantitative estimate of drug-likeness (QED) is 0.214. The highest BCUT2D eigenvalue weighted by molar-refractivity contribution is 6.05. The number of piperidine rings is 1. The Labute approximate surface area is 250 Å². The molecular formula is C31H31F4N3O6. The van der Waals surface area contributed by atoms with Crippen molar-refractivity contribution in [3.05, 3.63) is 71.6 Å². The van der Waals surface area contributed by atoms with Crippen molar-refractivity contribution >= 4 is 34.3 Å². The minimum Gasteiger partial charge on any atom is -0.479 e. The van der Waals surface area contributed by atoms with Crippen LogP contribution in [0.1, 0.15) is 50.5 Å². The second kappa shape index (κ2) is 13.4. The van der Waals surface area contributed by atoms with Gasteiger partial charge in [-0.05, 0) is 45.1 Å². The van der Waals surface area contributed by atoms with E-state index in [4.69, 9.17) is 9.47 Å². The van der Waals surface area contributed by atoms with Crippen molar-refractivity contribution in [2.45, 2.75) is 51.7 Å². The van der Waals surface area contributed by atoms with E-state index in [0.29, 0.717) is 11.1 Å². The Hall–Kier alpha value is -4.55. The van der Waals surface area contributed by atoms with Crippen molar-refractivity contribution in [2.24, 2.45) is 5.92 Å². The summed E-state index contributed by atoms with van der Waals surface area (Å²) in [6.07, 6.45) is 1.39. The first-order valence-electron chi connectivity index (χ1n) is 13.9. The molecule has 0 aliphatic carbocycles. The van der Waals surface area contributed by atoms with Gasteiger partial charge in [-0.2, -0.15) is 8.78 Å². The van der Waals surface area contributed by atoms with Crippen LogP contribution in [-0.2, 0) is 19.1 Å². The molecule has 0 radical (unpaired) electrons. The minimum atomic E-state index is -1.84. The first kappa shape index (κ1) is 32.4. The third-order valence-electron chi connectivity index (χ3n) is 6.96. The smallest absolute Gasteiger partial charge is 0.308 e. The molecule has 13 heteroatoms. The molecule has 0 spiro atoms. The maximum Gasteiger partial charge on any atom is 0.308 e. The number of nitrogens with zero attached hydrogens (tertiary/aromatic N) is 2. The number of fused-ring (bicyclic) bond motifs is 1. The van der Waals surface area contributed by atoms with E-state index >= 15 is 0 Å². The number of nitrogens with one attached hydrogen (secondary N) is 1. The average molecular weight is 618 g/mol. The van der Waals surface area contributed by atoms with Gasteiger partial charge in [0.05, 0.1) is 6.42 Å². The predicted octanol–water partition coefficient (Wildman–Crippen LogP) is 4.51. The van der Waals surface area contributed by atoms with Crippen molar-refractivity contribution in [3.63, 3.8) is 0 Å². The van der Waals surface area contributed by atoms with Crippen molar-refractivity contribution in [3.8, 4) is 5.75 Å². The monoisotopic (exact) mass is 617 g/mol. The molecule has 2 aromatic carbocycles. The Morgan fingerprint density at radius 2 is 1.64 bits per heavy atom. The van der Waals surface area contributed by atoms with E-state index < -0.39 is 77.3 Å². The highest BCUT2D eigenvalue weighted by Crippen LogP contribution is 2.27. The van der Waals surface area contributed by atoms with Crippen molar-refractivity contribution < 1.29 is 46.2 Å². The molecule has 0 unspecified atom stereocenters. The fraction of sp³-hybridized carbons (Fsp3) is 0.387. The maximum atomic E-state index is 14.0. The highest BCUT2D eigenvalue weighted by atomic mass is 19.2. The number of amides is 2. The molecule has 1 saturated heterocycles. The zero-order valence-electron chi connectivity index (χ0n) is 24.3. The normalized spacial score (nSPS) is 14.7. The number of pyridine rings is 1. The third kappa shape index (κ3) is 7.69. The van der Waals surface area contributed by atoms with Crippen LogP contribution in [0.3, 0.4) is 0 Å². The van der Waals surface area contributed by atoms with Crippen molar-refractivity contribution in [1.29, 1.82) is 0 Å². The van der Waals surface area contributed by atoms with Crippen LogP contribution in [0.4, 0.5) is 17.6 Å². The summed E-state index contributed by atoms with van der Waals surface area (Å²) in [5.74, 6) is -12.0. The Morgan fingerprint density at radius 1 is 1.00 bits per heavy atom. The number of hydrogen-bond donors (Lipinski definition) is 1. The van der Waals surface area contributed by atoms with Gasteiger partial charge in [-0.15, -0.1) is 0 Å². The van der Waals surface area contributed by atoms with E-state index in [1.165, 1.54) is 0 Å². The van der Waals surface area contributed by atoms with Crippen LogP contribution in [0, 0.1) is 29.2 Å². The van der Waals surface area contributed by atoms with Gasteiger partial charge in [0.15, 0.2) is 23.2 Å². The van der Waals surface area contributed by atoms with Crippen LogP contribution < -0.4 is 10.1 Å². The number of aromatic nitrogens is 1. The van der Waals surface area contributed by atoms with Crippen LogP contribution in [0.2, 0.25) is 0 Å². The number of esters is 1. The standard InChI is InChI=1S/C31H31F4N3O6/c1-31(2,3)44-24(40)15-22(23(39)16-43-28-25(34)20(32)14-21(33)26(28)35)37-29(41)18-9-12-38(13-10-18)30(42)27-19-7-5-4-6-17(19)8-11-36-27/h4-8,11,14,18,22H,9-10,12-13,15-16H2,1-3H3,(H,37,41)/t22-/m0/s1. The van der Waals surface area contributed by atoms with Crippen LogP contribution in [0.5, 0.6) is 5.75 Å². The fourth-order valence-corrected chi connectivity index (χ4v) is 4.79. The number of ketones is 1. The second-order valence-corrected chi connectivity index (χ2v) is 11.4. The number of halogens is 4. The van der Waals surface area contributed by atoms with Gasteiger partial charge in [-0.1, -0.05) is 24.3 Å². The van der Waals surface area contributed by atoms with E-state index in [0.717, 1.165) is 5.39 Å². The van der Waals surface area contributed by atoms with E-state index in [-0.39, 0.29) is 37.9 Å². The van der Waals surface area contributed by atoms with E-state index in [2.05, 4.69) is 10.3 Å². The number of Topliss-reactive ketones (excluding diaryl/α,β-unsaturated/α-hetero) is 1. The van der Waals surface area contributed by atoms with Crippen LogP contribution in [-0.4, -0.2) is 64.8 Å². The largest absolute Gasteiger partial charge is 0.479 e. The lowest BCUT2D eigenvalue weighted by Gasteiger charge is -2.32. The Bertz CT molecular complexity index is 1550. The van der Waals surface area contributed by atoms with Gasteiger partial charge in [-0.3, -0.25) is 24.2 Å². The van der Waals surface area contributed by atoms with Crippen molar-refractivity contribution in [2.75, 3.05) is 19.7 Å². The van der Waals surface area contributed by atoms with Gasteiger partial charge in [0.2, 0.25) is 17.5 Å².